The maximum absolute atomic E-state index is 13.4. The maximum Gasteiger partial charge on any atom is 0.343 e. The van der Waals surface area contributed by atoms with E-state index in [1.165, 1.54) is 6.21 Å². The summed E-state index contributed by atoms with van der Waals surface area (Å²) in [4.78, 5) is 29.3. The summed E-state index contributed by atoms with van der Waals surface area (Å²) >= 11 is 16.3. The largest absolute Gasteiger partial charge is 0.454 e. The van der Waals surface area contributed by atoms with Gasteiger partial charge in [-0.05, 0) is 48.5 Å². The summed E-state index contributed by atoms with van der Waals surface area (Å²) < 4.78 is 17.0. The van der Waals surface area contributed by atoms with Gasteiger partial charge in [-0.3, -0.25) is 4.79 Å². The number of amides is 1. The van der Waals surface area contributed by atoms with E-state index in [0.717, 1.165) is 9.86 Å². The highest BCUT2D eigenvalue weighted by Crippen LogP contribution is 2.39. The highest BCUT2D eigenvalue weighted by molar-refractivity contribution is 9.10. The second-order valence-corrected chi connectivity index (χ2v) is 10.6. The number of para-hydroxylation sites is 1. The molecule has 8 nitrogen and oxygen atoms in total. The summed E-state index contributed by atoms with van der Waals surface area (Å²) in [5.74, 6) is 0.155. The summed E-state index contributed by atoms with van der Waals surface area (Å²) in [6.45, 7) is 0.0955. The molecule has 0 saturated heterocycles. The number of hydrogen-bond acceptors (Lipinski definition) is 6. The lowest BCUT2D eigenvalue weighted by atomic mass is 10.0. The molecule has 41 heavy (non-hydrogen) atoms. The van der Waals surface area contributed by atoms with E-state index >= 15 is 0 Å². The monoisotopic (exact) mass is 649 g/mol. The fourth-order valence-corrected chi connectivity index (χ4v) is 5.24. The van der Waals surface area contributed by atoms with Gasteiger partial charge in [0.1, 0.15) is 11.4 Å². The smallest absolute Gasteiger partial charge is 0.343 e. The summed E-state index contributed by atoms with van der Waals surface area (Å²) in [5, 5.41) is 5.82. The van der Waals surface area contributed by atoms with E-state index in [1.807, 2.05) is 24.3 Å². The zero-order valence-electron chi connectivity index (χ0n) is 20.9. The summed E-state index contributed by atoms with van der Waals surface area (Å²) in [7, 11) is 0. The van der Waals surface area contributed by atoms with Gasteiger partial charge in [-0.15, -0.1) is 0 Å². The zero-order chi connectivity index (χ0) is 28.5. The number of rotatable bonds is 6. The fourth-order valence-electron chi connectivity index (χ4n) is 4.41. The SMILES string of the molecule is O=C(Oc1ccc(Br)cc1C=NNC(=O)c1[nH]c2c(Cl)cccc2c1-c1ccccc1Cl)c1ccc2c(c1)OCO2. The van der Waals surface area contributed by atoms with Crippen LogP contribution < -0.4 is 19.6 Å². The molecule has 0 fully saturated rings. The number of nitrogens with one attached hydrogen (secondary N) is 2. The quantitative estimate of drug-likeness (QED) is 0.0852. The number of aromatic amines is 1. The van der Waals surface area contributed by atoms with Crippen molar-refractivity contribution in [2.45, 2.75) is 0 Å². The van der Waals surface area contributed by atoms with Crippen LogP contribution in [0.25, 0.3) is 22.0 Å². The number of aromatic nitrogens is 1. The van der Waals surface area contributed by atoms with Crippen LogP contribution in [0.15, 0.2) is 88.4 Å². The van der Waals surface area contributed by atoms with Crippen LogP contribution in [0.5, 0.6) is 17.2 Å². The molecule has 1 amide bonds. The summed E-state index contributed by atoms with van der Waals surface area (Å²) in [6, 6.07) is 22.5. The number of hydrogen-bond donors (Lipinski definition) is 2. The minimum atomic E-state index is -0.594. The van der Waals surface area contributed by atoms with Gasteiger partial charge in [-0.1, -0.05) is 69.5 Å². The Morgan fingerprint density at radius 1 is 0.951 bits per heavy atom. The molecule has 2 N–H and O–H groups in total. The van der Waals surface area contributed by atoms with Gasteiger partial charge in [-0.2, -0.15) is 5.10 Å². The van der Waals surface area contributed by atoms with Crippen LogP contribution in [0.2, 0.25) is 10.0 Å². The molecule has 11 heteroatoms. The van der Waals surface area contributed by atoms with Gasteiger partial charge < -0.3 is 19.2 Å². The third-order valence-corrected chi connectivity index (χ3v) is 7.44. The number of carbonyl (C=O) groups excluding carboxylic acids is 2. The van der Waals surface area contributed by atoms with Crippen LogP contribution in [0.1, 0.15) is 26.4 Å². The topological polar surface area (TPSA) is 102 Å². The van der Waals surface area contributed by atoms with Crippen molar-refractivity contribution in [3.05, 3.63) is 110 Å². The molecule has 5 aromatic rings. The van der Waals surface area contributed by atoms with Gasteiger partial charge in [0, 0.05) is 31.6 Å². The van der Waals surface area contributed by atoms with E-state index in [-0.39, 0.29) is 23.8 Å². The lowest BCUT2D eigenvalue weighted by Crippen LogP contribution is -2.19. The van der Waals surface area contributed by atoms with Gasteiger partial charge in [0.15, 0.2) is 11.5 Å². The normalized spacial score (nSPS) is 12.2. The molecule has 1 aliphatic rings. The van der Waals surface area contributed by atoms with Crippen LogP contribution >= 0.6 is 39.1 Å². The van der Waals surface area contributed by atoms with E-state index in [0.29, 0.717) is 43.8 Å². The number of carbonyl (C=O) groups is 2. The molecule has 0 atom stereocenters. The third kappa shape index (κ3) is 5.39. The summed E-state index contributed by atoms with van der Waals surface area (Å²) in [6.07, 6.45) is 1.38. The van der Waals surface area contributed by atoms with E-state index in [1.54, 1.807) is 54.6 Å². The molecule has 0 saturated carbocycles. The van der Waals surface area contributed by atoms with Crippen molar-refractivity contribution in [3.8, 4) is 28.4 Å². The maximum atomic E-state index is 13.4. The summed E-state index contributed by atoms with van der Waals surface area (Å²) in [5.41, 5.74) is 5.38. The molecular formula is C30H18BrCl2N3O5. The van der Waals surface area contributed by atoms with Gasteiger partial charge in [-0.25, -0.2) is 10.2 Å². The van der Waals surface area contributed by atoms with Crippen molar-refractivity contribution in [2.75, 3.05) is 6.79 Å². The Morgan fingerprint density at radius 3 is 2.61 bits per heavy atom. The lowest BCUT2D eigenvalue weighted by Gasteiger charge is -2.09. The Hall–Kier alpha value is -4.31. The van der Waals surface area contributed by atoms with Gasteiger partial charge >= 0.3 is 5.97 Å². The Bertz CT molecular complexity index is 1870. The molecule has 2 heterocycles. The third-order valence-electron chi connectivity index (χ3n) is 6.31. The molecule has 1 aliphatic heterocycles. The fraction of sp³-hybridized carbons (Fsp3) is 0.0333. The Kier molecular flexibility index (Phi) is 7.40. The van der Waals surface area contributed by atoms with Gasteiger partial charge in [0.05, 0.1) is 22.3 Å². The van der Waals surface area contributed by atoms with Gasteiger partial charge in [0.2, 0.25) is 6.79 Å². The number of halogens is 3. The van der Waals surface area contributed by atoms with Crippen LogP contribution in [0, 0.1) is 0 Å². The van der Waals surface area contributed by atoms with Crippen molar-refractivity contribution in [1.82, 2.24) is 10.4 Å². The molecule has 204 valence electrons. The first-order chi connectivity index (χ1) is 19.9. The molecule has 6 rings (SSSR count). The number of benzene rings is 4. The minimum absolute atomic E-state index is 0.0955. The van der Waals surface area contributed by atoms with Crippen LogP contribution in [0.3, 0.4) is 0 Å². The molecule has 4 aromatic carbocycles. The van der Waals surface area contributed by atoms with Crippen LogP contribution in [-0.4, -0.2) is 29.9 Å². The number of esters is 1. The van der Waals surface area contributed by atoms with Crippen molar-refractivity contribution in [2.24, 2.45) is 5.10 Å². The number of nitrogens with zero attached hydrogens (tertiary/aromatic N) is 1. The molecule has 0 spiro atoms. The van der Waals surface area contributed by atoms with Crippen molar-refractivity contribution < 1.29 is 23.8 Å². The van der Waals surface area contributed by atoms with E-state index in [4.69, 9.17) is 37.4 Å². The van der Waals surface area contributed by atoms with Gasteiger partial charge in [0.25, 0.3) is 5.91 Å². The Balaban J connectivity index is 1.27. The van der Waals surface area contributed by atoms with Crippen LogP contribution in [-0.2, 0) is 0 Å². The van der Waals surface area contributed by atoms with Crippen LogP contribution in [0.4, 0.5) is 0 Å². The average Bonchev–Trinajstić information content (AvgIpc) is 3.60. The van der Waals surface area contributed by atoms with Crippen molar-refractivity contribution in [3.63, 3.8) is 0 Å². The van der Waals surface area contributed by atoms with Crippen molar-refractivity contribution in [1.29, 1.82) is 0 Å². The second-order valence-electron chi connectivity index (χ2n) is 8.86. The second kappa shape index (κ2) is 11.3. The van der Waals surface area contributed by atoms with E-state index in [9.17, 15) is 9.59 Å². The first kappa shape index (κ1) is 26.9. The number of hydrazone groups is 1. The Morgan fingerprint density at radius 2 is 1.76 bits per heavy atom. The number of H-pyrrole nitrogens is 1. The Labute approximate surface area is 252 Å². The molecule has 0 radical (unpaired) electrons. The number of fused-ring (bicyclic) bond motifs is 2. The lowest BCUT2D eigenvalue weighted by molar-refractivity contribution is 0.0733. The minimum Gasteiger partial charge on any atom is -0.454 e. The molecular weight excluding hydrogens is 633 g/mol. The first-order valence-corrected chi connectivity index (χ1v) is 13.7. The van der Waals surface area contributed by atoms with E-state index < -0.39 is 11.9 Å². The highest BCUT2D eigenvalue weighted by Gasteiger charge is 2.22. The van der Waals surface area contributed by atoms with E-state index in [2.05, 4.69) is 31.4 Å². The van der Waals surface area contributed by atoms with Crippen molar-refractivity contribution >= 4 is 68.1 Å². The zero-order valence-corrected chi connectivity index (χ0v) is 24.0. The molecule has 0 unspecified atom stereocenters. The average molecular weight is 651 g/mol. The predicted octanol–water partition coefficient (Wildman–Crippen LogP) is 7.62. The highest BCUT2D eigenvalue weighted by atomic mass is 79.9. The molecule has 1 aromatic heterocycles. The number of ether oxygens (including phenoxy) is 3. The first-order valence-electron chi connectivity index (χ1n) is 12.2. The predicted molar refractivity (Wildman–Crippen MR) is 160 cm³/mol. The standard InChI is InChI=1S/C30H18BrCl2N3O5/c31-18-9-11-23(41-30(38)16-8-10-24-25(13-16)40-15-39-24)17(12-18)14-34-36-29(37)28-26(19-4-1-2-6-21(19)32)20-5-3-7-22(33)27(20)35-28/h1-14,35H,15H2,(H,36,37). The molecule has 0 aliphatic carbocycles. The molecule has 0 bridgehead atoms.